The maximum atomic E-state index is 14.9. The fraction of sp³-hybridized carbons (Fsp3) is 0.286. The minimum absolute atomic E-state index is 0.151. The summed E-state index contributed by atoms with van der Waals surface area (Å²) in [6.07, 6.45) is 1.59. The predicted octanol–water partition coefficient (Wildman–Crippen LogP) is 4.47. The van der Waals surface area contributed by atoms with E-state index < -0.39 is 17.5 Å². The number of nitriles is 1. The average molecular weight is 517 g/mol. The van der Waals surface area contributed by atoms with Gasteiger partial charge >= 0.3 is 6.09 Å². The van der Waals surface area contributed by atoms with Crippen molar-refractivity contribution in [3.05, 3.63) is 44.4 Å². The molecule has 3 heterocycles. The van der Waals surface area contributed by atoms with E-state index in [9.17, 15) is 14.4 Å². The van der Waals surface area contributed by atoms with Crippen molar-refractivity contribution in [3.8, 4) is 17.3 Å². The number of carbonyl (C=O) groups excluding carboxylic acids is 1. The van der Waals surface area contributed by atoms with Crippen LogP contribution in [-0.2, 0) is 11.2 Å². The summed E-state index contributed by atoms with van der Waals surface area (Å²) in [5.74, 6) is -0.457. The minimum atomic E-state index is -0.708. The number of benzene rings is 1. The molecule has 4 rings (SSSR count). The lowest BCUT2D eigenvalue weighted by molar-refractivity contribution is 0.0522. The lowest BCUT2D eigenvalue weighted by atomic mass is 9.92. The van der Waals surface area contributed by atoms with Crippen molar-refractivity contribution in [1.82, 2.24) is 14.8 Å². The van der Waals surface area contributed by atoms with E-state index >= 15 is 0 Å². The fourth-order valence-electron chi connectivity index (χ4n) is 3.35. The van der Waals surface area contributed by atoms with Crippen LogP contribution in [0.5, 0.6) is 0 Å². The molecule has 7 nitrogen and oxygen atoms in total. The Balaban J connectivity index is 1.95. The number of aliphatic imine (C=N–C) groups is 1. The van der Waals surface area contributed by atoms with Gasteiger partial charge in [-0.05, 0) is 73.0 Å². The van der Waals surface area contributed by atoms with Gasteiger partial charge in [0, 0.05) is 18.3 Å². The van der Waals surface area contributed by atoms with Gasteiger partial charge < -0.3 is 4.74 Å². The first-order valence-corrected chi connectivity index (χ1v) is 10.3. The molecule has 0 amide bonds. The maximum Gasteiger partial charge on any atom is 0.435 e. The third-order valence-corrected chi connectivity index (χ3v) is 5.28. The lowest BCUT2D eigenvalue weighted by Crippen LogP contribution is -2.27. The van der Waals surface area contributed by atoms with Gasteiger partial charge in [-0.25, -0.2) is 14.2 Å². The third-order valence-electron chi connectivity index (χ3n) is 4.56. The molecular formula is C21H17FIN5O2. The molecular weight excluding hydrogens is 500 g/mol. The Labute approximate surface area is 185 Å². The molecule has 0 fully saturated rings. The topological polar surface area (TPSA) is 93.2 Å². The summed E-state index contributed by atoms with van der Waals surface area (Å²) in [4.78, 5) is 21.4. The Morgan fingerprint density at radius 2 is 2.13 bits per heavy atom. The van der Waals surface area contributed by atoms with Crippen LogP contribution in [0.4, 0.5) is 9.18 Å². The summed E-state index contributed by atoms with van der Waals surface area (Å²) >= 11 is 1.96. The molecule has 2 aromatic heterocycles. The van der Waals surface area contributed by atoms with Crippen LogP contribution in [-0.4, -0.2) is 39.2 Å². The standard InChI is InChI=1S/C21H17FIN5O2/c1-21(2,3)30-20(29)28-15-8-12(9-24)17(26-18(15)19(23)27-28)16-13-6-7-25-10-11(13)4-5-14(16)22/h4-5,8,10H,6-7H2,1-3H3. The molecule has 9 heteroatoms. The Hall–Kier alpha value is -2.87. The van der Waals surface area contributed by atoms with Crippen LogP contribution in [0.25, 0.3) is 22.3 Å². The second kappa shape index (κ2) is 7.43. The number of hydrogen-bond donors (Lipinski definition) is 0. The van der Waals surface area contributed by atoms with Crippen molar-refractivity contribution in [2.24, 2.45) is 4.99 Å². The van der Waals surface area contributed by atoms with Gasteiger partial charge in [-0.2, -0.15) is 15.0 Å². The number of fused-ring (bicyclic) bond motifs is 2. The molecule has 152 valence electrons. The Kier molecular flexibility index (Phi) is 5.05. The number of rotatable bonds is 1. The van der Waals surface area contributed by atoms with E-state index in [2.05, 4.69) is 21.1 Å². The van der Waals surface area contributed by atoms with Crippen molar-refractivity contribution in [3.63, 3.8) is 0 Å². The zero-order valence-corrected chi connectivity index (χ0v) is 18.7. The zero-order valence-electron chi connectivity index (χ0n) is 16.5. The van der Waals surface area contributed by atoms with E-state index in [4.69, 9.17) is 4.74 Å². The number of aromatic nitrogens is 3. The van der Waals surface area contributed by atoms with E-state index in [1.165, 1.54) is 12.1 Å². The highest BCUT2D eigenvalue weighted by Gasteiger charge is 2.26. The van der Waals surface area contributed by atoms with E-state index in [0.717, 1.165) is 15.8 Å². The van der Waals surface area contributed by atoms with Crippen LogP contribution in [0, 0.1) is 20.8 Å². The van der Waals surface area contributed by atoms with Gasteiger partial charge in [0.25, 0.3) is 0 Å². The first kappa shape index (κ1) is 20.4. The van der Waals surface area contributed by atoms with E-state index in [1.54, 1.807) is 33.1 Å². The minimum Gasteiger partial charge on any atom is -0.442 e. The van der Waals surface area contributed by atoms with Crippen LogP contribution in [0.3, 0.4) is 0 Å². The molecule has 0 saturated heterocycles. The van der Waals surface area contributed by atoms with Gasteiger partial charge in [0.1, 0.15) is 32.2 Å². The molecule has 0 aliphatic carbocycles. The van der Waals surface area contributed by atoms with Crippen LogP contribution < -0.4 is 0 Å². The quantitative estimate of drug-likeness (QED) is 0.444. The summed E-state index contributed by atoms with van der Waals surface area (Å²) in [6, 6.07) is 6.62. The van der Waals surface area contributed by atoms with Crippen molar-refractivity contribution in [1.29, 1.82) is 5.26 Å². The van der Waals surface area contributed by atoms with Crippen LogP contribution in [0.1, 0.15) is 37.5 Å². The van der Waals surface area contributed by atoms with Crippen LogP contribution in [0.2, 0.25) is 0 Å². The zero-order chi connectivity index (χ0) is 21.6. The van der Waals surface area contributed by atoms with Crippen LogP contribution in [0.15, 0.2) is 23.2 Å². The fourth-order valence-corrected chi connectivity index (χ4v) is 3.96. The van der Waals surface area contributed by atoms with Crippen molar-refractivity contribution in [2.45, 2.75) is 32.8 Å². The molecule has 0 bridgehead atoms. The van der Waals surface area contributed by atoms with Gasteiger partial charge in [-0.3, -0.25) is 4.99 Å². The average Bonchev–Trinajstić information content (AvgIpc) is 3.01. The smallest absolute Gasteiger partial charge is 0.435 e. The SMILES string of the molecule is CC(C)(C)OC(=O)n1nc(I)c2nc(-c3c(F)ccc4c3CCN=C4)c(C#N)cc21. The van der Waals surface area contributed by atoms with E-state index in [-0.39, 0.29) is 16.8 Å². The molecule has 3 aromatic rings. The molecule has 0 atom stereocenters. The third kappa shape index (κ3) is 3.56. The normalized spacial score (nSPS) is 13.2. The maximum absolute atomic E-state index is 14.9. The van der Waals surface area contributed by atoms with Crippen molar-refractivity contribution in [2.75, 3.05) is 6.54 Å². The summed E-state index contributed by atoms with van der Waals surface area (Å²) in [6.45, 7) is 5.80. The Bertz CT molecular complexity index is 1270. The van der Waals surface area contributed by atoms with Gasteiger partial charge in [0.2, 0.25) is 0 Å². The first-order chi connectivity index (χ1) is 14.2. The van der Waals surface area contributed by atoms with Crippen LogP contribution >= 0.6 is 22.6 Å². The van der Waals surface area contributed by atoms with Crippen molar-refractivity contribution >= 4 is 45.9 Å². The van der Waals surface area contributed by atoms with E-state index in [1.807, 2.05) is 22.6 Å². The molecule has 0 spiro atoms. The van der Waals surface area contributed by atoms with E-state index in [0.29, 0.717) is 27.7 Å². The number of hydrogen-bond acceptors (Lipinski definition) is 6. The molecule has 0 unspecified atom stereocenters. The second-order valence-corrected chi connectivity index (χ2v) is 8.84. The monoisotopic (exact) mass is 517 g/mol. The summed E-state index contributed by atoms with van der Waals surface area (Å²) in [5, 5.41) is 14.0. The highest BCUT2D eigenvalue weighted by molar-refractivity contribution is 14.1. The van der Waals surface area contributed by atoms with Gasteiger partial charge in [-0.15, -0.1) is 0 Å². The molecule has 0 N–H and O–H groups in total. The van der Waals surface area contributed by atoms with Gasteiger partial charge in [0.15, 0.2) is 0 Å². The number of carbonyl (C=O) groups is 1. The molecule has 1 aliphatic heterocycles. The Morgan fingerprint density at radius 1 is 1.37 bits per heavy atom. The highest BCUT2D eigenvalue weighted by atomic mass is 127. The van der Waals surface area contributed by atoms with Crippen molar-refractivity contribution < 1.29 is 13.9 Å². The number of nitrogens with zero attached hydrogens (tertiary/aromatic N) is 5. The van der Waals surface area contributed by atoms with Gasteiger partial charge in [-0.1, -0.05) is 6.07 Å². The molecule has 0 saturated carbocycles. The second-order valence-electron chi connectivity index (χ2n) is 7.82. The number of halogens is 2. The Morgan fingerprint density at radius 3 is 2.83 bits per heavy atom. The number of ether oxygens (including phenoxy) is 1. The summed E-state index contributed by atoms with van der Waals surface area (Å²) in [5.41, 5.74) is 2.27. The summed E-state index contributed by atoms with van der Waals surface area (Å²) in [7, 11) is 0. The highest BCUT2D eigenvalue weighted by Crippen LogP contribution is 2.34. The first-order valence-electron chi connectivity index (χ1n) is 9.24. The number of pyridine rings is 1. The molecule has 30 heavy (non-hydrogen) atoms. The summed E-state index contributed by atoms with van der Waals surface area (Å²) < 4.78 is 21.8. The molecule has 0 radical (unpaired) electrons. The predicted molar refractivity (Wildman–Crippen MR) is 118 cm³/mol. The molecule has 1 aromatic carbocycles. The van der Waals surface area contributed by atoms with Gasteiger partial charge in [0.05, 0.1) is 11.3 Å². The largest absolute Gasteiger partial charge is 0.442 e. The lowest BCUT2D eigenvalue weighted by Gasteiger charge is -2.19. The molecule has 1 aliphatic rings.